The van der Waals surface area contributed by atoms with Crippen LogP contribution in [0, 0.1) is 7.14 Å². The fraction of sp³-hybridized carbons (Fsp3) is 0. The van der Waals surface area contributed by atoms with Gasteiger partial charge in [0.15, 0.2) is 0 Å². The predicted octanol–water partition coefficient (Wildman–Crippen LogP) is 2.16. The molecule has 0 unspecified atom stereocenters. The lowest BCUT2D eigenvalue weighted by Crippen LogP contribution is -2.07. The summed E-state index contributed by atoms with van der Waals surface area (Å²) in [6, 6.07) is 3.30. The molecule has 74 valence electrons. The zero-order chi connectivity index (χ0) is 10.7. The van der Waals surface area contributed by atoms with E-state index in [4.69, 9.17) is 5.11 Å². The number of amides is 1. The SMILES string of the molecule is O=CNc1c(I)cc(I)cc1C(=O)O. The fourth-order valence-corrected chi connectivity index (χ4v) is 2.95. The van der Waals surface area contributed by atoms with E-state index in [0.29, 0.717) is 15.7 Å². The quantitative estimate of drug-likeness (QED) is 0.586. The molecule has 0 heterocycles. The Morgan fingerprint density at radius 3 is 2.57 bits per heavy atom. The minimum Gasteiger partial charge on any atom is -0.478 e. The van der Waals surface area contributed by atoms with Gasteiger partial charge in [0, 0.05) is 7.14 Å². The van der Waals surface area contributed by atoms with Crippen molar-refractivity contribution in [2.24, 2.45) is 0 Å². The molecule has 0 saturated carbocycles. The molecule has 0 atom stereocenters. The first-order chi connectivity index (χ1) is 6.56. The summed E-state index contributed by atoms with van der Waals surface area (Å²) < 4.78 is 1.53. The van der Waals surface area contributed by atoms with Gasteiger partial charge in [0.05, 0.1) is 11.3 Å². The van der Waals surface area contributed by atoms with Crippen LogP contribution in [0.25, 0.3) is 0 Å². The molecule has 0 saturated heterocycles. The largest absolute Gasteiger partial charge is 0.478 e. The van der Waals surface area contributed by atoms with Gasteiger partial charge in [-0.3, -0.25) is 4.79 Å². The van der Waals surface area contributed by atoms with Crippen LogP contribution in [0.5, 0.6) is 0 Å². The third-order valence-corrected chi connectivity index (χ3v) is 2.96. The number of hydrogen-bond acceptors (Lipinski definition) is 2. The average Bonchev–Trinajstić information content (AvgIpc) is 2.09. The minimum absolute atomic E-state index is 0.105. The average molecular weight is 417 g/mol. The van der Waals surface area contributed by atoms with Crippen molar-refractivity contribution in [3.05, 3.63) is 24.8 Å². The van der Waals surface area contributed by atoms with E-state index in [-0.39, 0.29) is 5.56 Å². The van der Waals surface area contributed by atoms with Gasteiger partial charge >= 0.3 is 5.97 Å². The number of aromatic carboxylic acids is 1. The summed E-state index contributed by atoms with van der Waals surface area (Å²) in [4.78, 5) is 21.1. The van der Waals surface area contributed by atoms with Gasteiger partial charge in [-0.25, -0.2) is 4.79 Å². The third kappa shape index (κ3) is 2.56. The van der Waals surface area contributed by atoms with Crippen LogP contribution in [0.4, 0.5) is 5.69 Å². The Morgan fingerprint density at radius 2 is 2.07 bits per heavy atom. The maximum atomic E-state index is 10.8. The first-order valence-corrected chi connectivity index (χ1v) is 5.64. The molecule has 1 aromatic rings. The predicted molar refractivity (Wildman–Crippen MR) is 68.5 cm³/mol. The Balaban J connectivity index is 3.35. The number of carbonyl (C=O) groups excluding carboxylic acids is 1. The van der Waals surface area contributed by atoms with Crippen molar-refractivity contribution in [3.63, 3.8) is 0 Å². The zero-order valence-electron chi connectivity index (χ0n) is 6.75. The summed E-state index contributed by atoms with van der Waals surface area (Å²) >= 11 is 4.00. The number of carbonyl (C=O) groups is 2. The van der Waals surface area contributed by atoms with Gasteiger partial charge in [0.2, 0.25) is 6.41 Å². The second kappa shape index (κ2) is 4.91. The normalized spacial score (nSPS) is 9.57. The van der Waals surface area contributed by atoms with Gasteiger partial charge in [-0.2, -0.15) is 0 Å². The Morgan fingerprint density at radius 1 is 1.43 bits per heavy atom. The molecule has 0 aliphatic rings. The summed E-state index contributed by atoms with van der Waals surface area (Å²) in [5.41, 5.74) is 0.446. The highest BCUT2D eigenvalue weighted by Crippen LogP contribution is 2.25. The van der Waals surface area contributed by atoms with Crippen molar-refractivity contribution in [1.29, 1.82) is 0 Å². The zero-order valence-corrected chi connectivity index (χ0v) is 11.1. The number of rotatable bonds is 3. The van der Waals surface area contributed by atoms with Gasteiger partial charge in [-0.15, -0.1) is 0 Å². The molecule has 4 nitrogen and oxygen atoms in total. The lowest BCUT2D eigenvalue weighted by Gasteiger charge is -2.07. The molecule has 0 aromatic heterocycles. The lowest BCUT2D eigenvalue weighted by atomic mass is 10.2. The molecule has 0 aliphatic carbocycles. The number of halogens is 2. The number of carboxylic acids is 1. The third-order valence-electron chi connectivity index (χ3n) is 1.49. The molecule has 0 spiro atoms. The van der Waals surface area contributed by atoms with E-state index in [2.05, 4.69) is 5.32 Å². The number of benzene rings is 1. The Bertz CT molecular complexity index is 392. The molecule has 0 fully saturated rings. The number of anilines is 1. The van der Waals surface area contributed by atoms with Crippen LogP contribution in [-0.4, -0.2) is 17.5 Å². The second-order valence-electron chi connectivity index (χ2n) is 2.38. The lowest BCUT2D eigenvalue weighted by molar-refractivity contribution is -0.105. The summed E-state index contributed by atoms with van der Waals surface area (Å²) in [5.74, 6) is -1.05. The summed E-state index contributed by atoms with van der Waals surface area (Å²) in [5, 5.41) is 11.3. The van der Waals surface area contributed by atoms with Gasteiger partial charge in [0.25, 0.3) is 0 Å². The van der Waals surface area contributed by atoms with Crippen LogP contribution in [0.3, 0.4) is 0 Å². The van der Waals surface area contributed by atoms with Crippen molar-refractivity contribution in [1.82, 2.24) is 0 Å². The highest BCUT2D eigenvalue weighted by Gasteiger charge is 2.13. The van der Waals surface area contributed by atoms with Crippen LogP contribution in [0.2, 0.25) is 0 Å². The number of carboxylic acid groups (broad SMARTS) is 1. The maximum absolute atomic E-state index is 10.8. The number of nitrogens with one attached hydrogen (secondary N) is 1. The van der Waals surface area contributed by atoms with Crippen LogP contribution in [0.1, 0.15) is 10.4 Å². The highest BCUT2D eigenvalue weighted by atomic mass is 127. The Hall–Kier alpha value is -0.380. The van der Waals surface area contributed by atoms with Crippen molar-refractivity contribution < 1.29 is 14.7 Å². The van der Waals surface area contributed by atoms with Crippen molar-refractivity contribution >= 4 is 63.2 Å². The molecule has 14 heavy (non-hydrogen) atoms. The number of hydrogen-bond donors (Lipinski definition) is 2. The van der Waals surface area contributed by atoms with Crippen LogP contribution in [-0.2, 0) is 4.79 Å². The molecule has 1 rings (SSSR count). The van der Waals surface area contributed by atoms with E-state index in [1.165, 1.54) is 6.07 Å². The van der Waals surface area contributed by atoms with Crippen LogP contribution in [0.15, 0.2) is 12.1 Å². The van der Waals surface area contributed by atoms with Crippen LogP contribution < -0.4 is 5.32 Å². The highest BCUT2D eigenvalue weighted by molar-refractivity contribution is 14.1. The maximum Gasteiger partial charge on any atom is 0.337 e. The van der Waals surface area contributed by atoms with Gasteiger partial charge in [-0.05, 0) is 57.3 Å². The molecular weight excluding hydrogens is 412 g/mol. The summed E-state index contributed by atoms with van der Waals surface area (Å²) in [6.45, 7) is 0. The molecule has 1 amide bonds. The molecule has 1 aromatic carbocycles. The molecule has 2 N–H and O–H groups in total. The van der Waals surface area contributed by atoms with E-state index in [0.717, 1.165) is 3.57 Å². The Labute approximate surface area is 107 Å². The van der Waals surface area contributed by atoms with Crippen molar-refractivity contribution in [2.75, 3.05) is 5.32 Å². The molecule has 0 aliphatic heterocycles. The molecular formula is C8H5I2NO3. The standard InChI is InChI=1S/C8H5I2NO3/c9-4-1-5(8(13)14)7(11-3-12)6(10)2-4/h1-3H,(H,11,12)(H,13,14). The van der Waals surface area contributed by atoms with E-state index in [1.807, 2.05) is 45.2 Å². The smallest absolute Gasteiger partial charge is 0.337 e. The minimum atomic E-state index is -1.05. The van der Waals surface area contributed by atoms with Crippen molar-refractivity contribution in [2.45, 2.75) is 0 Å². The molecule has 6 heteroatoms. The summed E-state index contributed by atoms with van der Waals surface area (Å²) in [6.07, 6.45) is 0.469. The Kier molecular flexibility index (Phi) is 4.11. The van der Waals surface area contributed by atoms with Crippen LogP contribution >= 0.6 is 45.2 Å². The van der Waals surface area contributed by atoms with E-state index < -0.39 is 5.97 Å². The van der Waals surface area contributed by atoms with E-state index >= 15 is 0 Å². The first-order valence-electron chi connectivity index (χ1n) is 3.48. The molecule has 0 bridgehead atoms. The van der Waals surface area contributed by atoms with Gasteiger partial charge in [-0.1, -0.05) is 0 Å². The topological polar surface area (TPSA) is 66.4 Å². The van der Waals surface area contributed by atoms with Gasteiger partial charge < -0.3 is 10.4 Å². The monoisotopic (exact) mass is 417 g/mol. The van der Waals surface area contributed by atoms with E-state index in [1.54, 1.807) is 6.07 Å². The van der Waals surface area contributed by atoms with Crippen molar-refractivity contribution in [3.8, 4) is 0 Å². The first kappa shape index (κ1) is 11.7. The summed E-state index contributed by atoms with van der Waals surface area (Å²) in [7, 11) is 0. The fourth-order valence-electron chi connectivity index (χ4n) is 0.948. The second-order valence-corrected chi connectivity index (χ2v) is 4.79. The van der Waals surface area contributed by atoms with E-state index in [9.17, 15) is 9.59 Å². The molecule has 0 radical (unpaired) electrons. The van der Waals surface area contributed by atoms with Gasteiger partial charge in [0.1, 0.15) is 0 Å².